The number of pyridine rings is 1. The summed E-state index contributed by atoms with van der Waals surface area (Å²) in [6.07, 6.45) is 0.595. The monoisotopic (exact) mass is 139 g/mol. The van der Waals surface area contributed by atoms with Crippen molar-refractivity contribution in [3.8, 4) is 0 Å². The topological polar surface area (TPSA) is 30.0 Å². The Kier molecular flexibility index (Phi) is 1.76. The molecule has 1 aromatic heterocycles. The van der Waals surface area contributed by atoms with Crippen LogP contribution in [0.2, 0.25) is 0 Å². The molecule has 0 aromatic carbocycles. The number of rotatable bonds is 1. The number of hydrogen-bond acceptors (Lipinski definition) is 2. The van der Waals surface area contributed by atoms with Crippen LogP contribution >= 0.6 is 0 Å². The molecule has 0 fully saturated rings. The minimum absolute atomic E-state index is 0.324. The predicted molar refractivity (Wildman–Crippen MR) is 34.3 cm³/mol. The number of carbonyl (C=O) groups excluding carboxylic acids is 1. The molecule has 0 unspecified atom stereocenters. The molecule has 0 aliphatic rings. The smallest absolute Gasteiger partial charge is 0.213 e. The summed E-state index contributed by atoms with van der Waals surface area (Å²) < 4.78 is 12.3. The van der Waals surface area contributed by atoms with E-state index in [1.807, 2.05) is 0 Å². The van der Waals surface area contributed by atoms with Gasteiger partial charge in [0.2, 0.25) is 5.95 Å². The van der Waals surface area contributed by atoms with Crippen molar-refractivity contribution < 1.29 is 9.18 Å². The maximum absolute atomic E-state index is 12.3. The number of aromatic nitrogens is 1. The fourth-order valence-electron chi connectivity index (χ4n) is 0.721. The number of carbonyl (C=O) groups is 1. The van der Waals surface area contributed by atoms with E-state index in [2.05, 4.69) is 4.98 Å². The Morgan fingerprint density at radius 1 is 1.60 bits per heavy atom. The van der Waals surface area contributed by atoms with Crippen molar-refractivity contribution >= 4 is 6.29 Å². The summed E-state index contributed by atoms with van der Waals surface area (Å²) in [6.45, 7) is 1.64. The third-order valence-electron chi connectivity index (χ3n) is 1.08. The normalized spacial score (nSPS) is 9.40. The third-order valence-corrected chi connectivity index (χ3v) is 1.08. The lowest BCUT2D eigenvalue weighted by atomic mass is 10.2. The molecule has 0 saturated carbocycles. The van der Waals surface area contributed by atoms with Crippen LogP contribution in [-0.2, 0) is 0 Å². The Hall–Kier alpha value is -1.25. The number of aldehydes is 1. The van der Waals surface area contributed by atoms with Crippen LogP contribution in [0, 0.1) is 12.9 Å². The largest absolute Gasteiger partial charge is 0.298 e. The lowest BCUT2D eigenvalue weighted by Crippen LogP contribution is -1.89. The van der Waals surface area contributed by atoms with E-state index in [0.29, 0.717) is 17.5 Å². The van der Waals surface area contributed by atoms with Gasteiger partial charge in [0.25, 0.3) is 0 Å². The van der Waals surface area contributed by atoms with E-state index in [1.54, 1.807) is 6.92 Å². The van der Waals surface area contributed by atoms with E-state index >= 15 is 0 Å². The molecule has 0 spiro atoms. The maximum atomic E-state index is 12.3. The molecule has 1 aromatic rings. The molecule has 52 valence electrons. The van der Waals surface area contributed by atoms with E-state index in [9.17, 15) is 9.18 Å². The quantitative estimate of drug-likeness (QED) is 0.434. The molecule has 0 amide bonds. The van der Waals surface area contributed by atoms with Gasteiger partial charge >= 0.3 is 0 Å². The first kappa shape index (κ1) is 6.86. The molecule has 0 atom stereocenters. The first-order chi connectivity index (χ1) is 4.72. The molecule has 0 radical (unpaired) electrons. The minimum atomic E-state index is -0.609. The van der Waals surface area contributed by atoms with Crippen LogP contribution in [-0.4, -0.2) is 11.3 Å². The number of halogens is 1. The average molecular weight is 139 g/mol. The van der Waals surface area contributed by atoms with Crippen molar-refractivity contribution in [1.82, 2.24) is 4.98 Å². The molecule has 1 rings (SSSR count). The van der Waals surface area contributed by atoms with E-state index in [0.717, 1.165) is 6.07 Å². The number of nitrogens with zero attached hydrogens (tertiary/aromatic N) is 1. The lowest BCUT2D eigenvalue weighted by Gasteiger charge is -1.92. The molecular weight excluding hydrogens is 133 g/mol. The van der Waals surface area contributed by atoms with Gasteiger partial charge < -0.3 is 0 Å². The highest BCUT2D eigenvalue weighted by atomic mass is 19.1. The van der Waals surface area contributed by atoms with Crippen molar-refractivity contribution in [3.63, 3.8) is 0 Å². The van der Waals surface area contributed by atoms with Gasteiger partial charge in [0.05, 0.1) is 0 Å². The molecule has 3 heteroatoms. The third kappa shape index (κ3) is 1.37. The summed E-state index contributed by atoms with van der Waals surface area (Å²) in [5.74, 6) is -0.609. The van der Waals surface area contributed by atoms with Gasteiger partial charge in [-0.2, -0.15) is 4.39 Å². The van der Waals surface area contributed by atoms with Gasteiger partial charge in [0.15, 0.2) is 0 Å². The van der Waals surface area contributed by atoms with Crippen molar-refractivity contribution in [2.75, 3.05) is 0 Å². The second kappa shape index (κ2) is 2.56. The summed E-state index contributed by atoms with van der Waals surface area (Å²) >= 11 is 0. The Bertz CT molecular complexity index is 240. The lowest BCUT2D eigenvalue weighted by molar-refractivity contribution is 0.112. The first-order valence-corrected chi connectivity index (χ1v) is 2.82. The second-order valence-corrected chi connectivity index (χ2v) is 1.98. The van der Waals surface area contributed by atoms with Crippen LogP contribution in [0.25, 0.3) is 0 Å². The zero-order valence-corrected chi connectivity index (χ0v) is 5.47. The van der Waals surface area contributed by atoms with E-state index in [1.165, 1.54) is 6.07 Å². The fourth-order valence-corrected chi connectivity index (χ4v) is 0.721. The van der Waals surface area contributed by atoms with Gasteiger partial charge in [-0.3, -0.25) is 4.79 Å². The predicted octanol–water partition coefficient (Wildman–Crippen LogP) is 1.34. The van der Waals surface area contributed by atoms with E-state index in [-0.39, 0.29) is 0 Å². The molecule has 0 bridgehead atoms. The first-order valence-electron chi connectivity index (χ1n) is 2.82. The SMILES string of the molecule is Cc1cc(C=O)cc(F)n1. The fraction of sp³-hybridized carbons (Fsp3) is 0.143. The average Bonchev–Trinajstić information content (AvgIpc) is 1.85. The number of aryl methyl sites for hydroxylation is 1. The zero-order chi connectivity index (χ0) is 7.56. The van der Waals surface area contributed by atoms with Crippen LogP contribution in [0.3, 0.4) is 0 Å². The van der Waals surface area contributed by atoms with Crippen LogP contribution < -0.4 is 0 Å². The molecule has 1 heterocycles. The van der Waals surface area contributed by atoms with E-state index in [4.69, 9.17) is 0 Å². The highest BCUT2D eigenvalue weighted by Gasteiger charge is 1.95. The Labute approximate surface area is 57.7 Å². The maximum Gasteiger partial charge on any atom is 0.213 e. The number of hydrogen-bond donors (Lipinski definition) is 0. The Morgan fingerprint density at radius 3 is 2.80 bits per heavy atom. The Morgan fingerprint density at radius 2 is 2.30 bits per heavy atom. The Balaban J connectivity index is 3.18. The molecular formula is C7H6FNO. The van der Waals surface area contributed by atoms with Crippen molar-refractivity contribution in [2.45, 2.75) is 6.92 Å². The van der Waals surface area contributed by atoms with Gasteiger partial charge in [0.1, 0.15) is 6.29 Å². The van der Waals surface area contributed by atoms with Crippen LogP contribution in [0.4, 0.5) is 4.39 Å². The summed E-state index contributed by atoms with van der Waals surface area (Å²) in [6, 6.07) is 2.62. The zero-order valence-electron chi connectivity index (χ0n) is 5.47. The summed E-state index contributed by atoms with van der Waals surface area (Å²) in [5.41, 5.74) is 0.840. The second-order valence-electron chi connectivity index (χ2n) is 1.98. The van der Waals surface area contributed by atoms with E-state index < -0.39 is 5.95 Å². The van der Waals surface area contributed by atoms with Crippen LogP contribution in [0.1, 0.15) is 16.1 Å². The highest BCUT2D eigenvalue weighted by molar-refractivity contribution is 5.74. The molecule has 0 N–H and O–H groups in total. The van der Waals surface area contributed by atoms with Crippen molar-refractivity contribution in [3.05, 3.63) is 29.3 Å². The molecule has 10 heavy (non-hydrogen) atoms. The highest BCUT2D eigenvalue weighted by Crippen LogP contribution is 2.00. The van der Waals surface area contributed by atoms with Gasteiger partial charge in [-0.15, -0.1) is 0 Å². The van der Waals surface area contributed by atoms with Gasteiger partial charge in [0, 0.05) is 17.3 Å². The molecule has 0 saturated heterocycles. The van der Waals surface area contributed by atoms with Gasteiger partial charge in [-0.25, -0.2) is 4.98 Å². The standard InChI is InChI=1S/C7H6FNO/c1-5-2-6(4-10)3-7(8)9-5/h2-4H,1H3. The molecule has 0 aliphatic heterocycles. The van der Waals surface area contributed by atoms with Gasteiger partial charge in [-0.1, -0.05) is 0 Å². The van der Waals surface area contributed by atoms with Crippen LogP contribution in [0.5, 0.6) is 0 Å². The van der Waals surface area contributed by atoms with Crippen molar-refractivity contribution in [2.24, 2.45) is 0 Å². The summed E-state index contributed by atoms with van der Waals surface area (Å²) in [7, 11) is 0. The van der Waals surface area contributed by atoms with Crippen LogP contribution in [0.15, 0.2) is 12.1 Å². The van der Waals surface area contributed by atoms with Crippen molar-refractivity contribution in [1.29, 1.82) is 0 Å². The molecule has 2 nitrogen and oxygen atoms in total. The summed E-state index contributed by atoms with van der Waals surface area (Å²) in [5, 5.41) is 0. The van der Waals surface area contributed by atoms with Gasteiger partial charge in [-0.05, 0) is 13.0 Å². The summed E-state index contributed by atoms with van der Waals surface area (Å²) in [4.78, 5) is 13.6. The molecule has 0 aliphatic carbocycles. The minimum Gasteiger partial charge on any atom is -0.298 e.